The molecule has 1 saturated heterocycles. The van der Waals surface area contributed by atoms with Crippen molar-refractivity contribution < 1.29 is 14.3 Å². The van der Waals surface area contributed by atoms with Crippen LogP contribution in [0.4, 0.5) is 0 Å². The molecule has 0 aromatic heterocycles. The van der Waals surface area contributed by atoms with Gasteiger partial charge in [-0.25, -0.2) is 0 Å². The number of amides is 1. The highest BCUT2D eigenvalue weighted by Crippen LogP contribution is 2.18. The van der Waals surface area contributed by atoms with Gasteiger partial charge >= 0.3 is 0 Å². The van der Waals surface area contributed by atoms with Crippen molar-refractivity contribution in [2.24, 2.45) is 5.92 Å². The normalized spacial score (nSPS) is 16.1. The van der Waals surface area contributed by atoms with Crippen molar-refractivity contribution in [1.82, 2.24) is 5.32 Å². The van der Waals surface area contributed by atoms with Crippen LogP contribution in [-0.4, -0.2) is 26.2 Å². The molecule has 1 amide bonds. The Morgan fingerprint density at radius 1 is 1.32 bits per heavy atom. The van der Waals surface area contributed by atoms with Crippen LogP contribution in [0.25, 0.3) is 0 Å². The second-order valence-electron chi connectivity index (χ2n) is 4.88. The highest BCUT2D eigenvalue weighted by atomic mass is 16.5. The van der Waals surface area contributed by atoms with Crippen molar-refractivity contribution in [2.45, 2.75) is 25.8 Å². The summed E-state index contributed by atoms with van der Waals surface area (Å²) in [6.07, 6.45) is 2.60. The van der Waals surface area contributed by atoms with Gasteiger partial charge in [0.05, 0.1) is 7.11 Å². The van der Waals surface area contributed by atoms with Gasteiger partial charge in [0.2, 0.25) is 5.91 Å². The Balaban J connectivity index is 1.72. The molecule has 4 heteroatoms. The summed E-state index contributed by atoms with van der Waals surface area (Å²) >= 11 is 0. The highest BCUT2D eigenvalue weighted by Gasteiger charge is 2.17. The fraction of sp³-hybridized carbons (Fsp3) is 0.533. The zero-order chi connectivity index (χ0) is 13.5. The maximum atomic E-state index is 11.8. The molecule has 1 aromatic carbocycles. The molecule has 0 unspecified atom stereocenters. The third kappa shape index (κ3) is 4.56. The lowest BCUT2D eigenvalue weighted by atomic mass is 9.96. The summed E-state index contributed by atoms with van der Waals surface area (Å²) in [5, 5.41) is 2.96. The molecule has 104 valence electrons. The second-order valence-corrected chi connectivity index (χ2v) is 4.88. The molecule has 1 fully saturated rings. The summed E-state index contributed by atoms with van der Waals surface area (Å²) in [5.74, 6) is 1.43. The first-order valence-corrected chi connectivity index (χ1v) is 6.75. The Bertz CT molecular complexity index is 396. The summed E-state index contributed by atoms with van der Waals surface area (Å²) in [6.45, 7) is 2.15. The van der Waals surface area contributed by atoms with Gasteiger partial charge in [-0.1, -0.05) is 12.1 Å². The van der Waals surface area contributed by atoms with Gasteiger partial charge in [0.15, 0.2) is 0 Å². The van der Waals surface area contributed by atoms with Crippen LogP contribution in [0.3, 0.4) is 0 Å². The van der Waals surface area contributed by atoms with Gasteiger partial charge in [0.1, 0.15) is 5.75 Å². The van der Waals surface area contributed by atoms with Crippen LogP contribution in [0.1, 0.15) is 24.8 Å². The van der Waals surface area contributed by atoms with E-state index in [0.717, 1.165) is 37.4 Å². The minimum atomic E-state index is 0.128. The molecular weight excluding hydrogens is 242 g/mol. The molecule has 0 saturated carbocycles. The summed E-state index contributed by atoms with van der Waals surface area (Å²) in [6, 6.07) is 7.74. The first kappa shape index (κ1) is 13.9. The van der Waals surface area contributed by atoms with E-state index in [-0.39, 0.29) is 5.91 Å². The van der Waals surface area contributed by atoms with E-state index < -0.39 is 0 Å². The molecule has 19 heavy (non-hydrogen) atoms. The molecule has 0 spiro atoms. The lowest BCUT2D eigenvalue weighted by Gasteiger charge is -2.21. The summed E-state index contributed by atoms with van der Waals surface area (Å²) in [5.41, 5.74) is 1.08. The molecule has 2 rings (SSSR count). The molecule has 4 nitrogen and oxygen atoms in total. The van der Waals surface area contributed by atoms with E-state index in [1.54, 1.807) is 7.11 Å². The number of rotatable bonds is 5. The van der Waals surface area contributed by atoms with Crippen molar-refractivity contribution in [3.8, 4) is 5.75 Å². The Kier molecular flexibility index (Phi) is 5.21. The van der Waals surface area contributed by atoms with E-state index in [9.17, 15) is 4.79 Å². The molecule has 1 heterocycles. The average molecular weight is 263 g/mol. The Labute approximate surface area is 114 Å². The van der Waals surface area contributed by atoms with Gasteiger partial charge in [-0.05, 0) is 36.5 Å². The van der Waals surface area contributed by atoms with Crippen molar-refractivity contribution in [3.05, 3.63) is 29.8 Å². The smallest absolute Gasteiger partial charge is 0.220 e. The monoisotopic (exact) mass is 263 g/mol. The largest absolute Gasteiger partial charge is 0.497 e. The van der Waals surface area contributed by atoms with E-state index in [1.807, 2.05) is 24.3 Å². The van der Waals surface area contributed by atoms with Crippen molar-refractivity contribution in [3.63, 3.8) is 0 Å². The van der Waals surface area contributed by atoms with Crippen LogP contribution < -0.4 is 10.1 Å². The number of hydrogen-bond donors (Lipinski definition) is 1. The van der Waals surface area contributed by atoms with Gasteiger partial charge in [0, 0.05) is 26.2 Å². The van der Waals surface area contributed by atoms with Crippen molar-refractivity contribution in [1.29, 1.82) is 0 Å². The number of methoxy groups -OCH3 is 1. The van der Waals surface area contributed by atoms with Crippen LogP contribution in [-0.2, 0) is 16.1 Å². The predicted octanol–water partition coefficient (Wildman–Crippen LogP) is 2.13. The number of carbonyl (C=O) groups is 1. The standard InChI is InChI=1S/C15H21NO3/c1-18-14-4-2-13(3-5-14)11-16-15(17)10-12-6-8-19-9-7-12/h2-5,12H,6-11H2,1H3,(H,16,17). The predicted molar refractivity (Wildman–Crippen MR) is 73.0 cm³/mol. The number of nitrogens with one attached hydrogen (secondary N) is 1. The summed E-state index contributed by atoms with van der Waals surface area (Å²) in [4.78, 5) is 11.8. The SMILES string of the molecule is COc1ccc(CNC(=O)CC2CCOCC2)cc1. The molecule has 0 aliphatic carbocycles. The van der Waals surface area contributed by atoms with E-state index >= 15 is 0 Å². The fourth-order valence-corrected chi connectivity index (χ4v) is 2.23. The third-order valence-corrected chi connectivity index (χ3v) is 3.46. The maximum Gasteiger partial charge on any atom is 0.220 e. The first-order valence-electron chi connectivity index (χ1n) is 6.75. The average Bonchev–Trinajstić information content (AvgIpc) is 2.47. The van der Waals surface area contributed by atoms with Gasteiger partial charge in [-0.2, -0.15) is 0 Å². The molecule has 1 aromatic rings. The van der Waals surface area contributed by atoms with Gasteiger partial charge in [0.25, 0.3) is 0 Å². The summed E-state index contributed by atoms with van der Waals surface area (Å²) in [7, 11) is 1.64. The number of hydrogen-bond acceptors (Lipinski definition) is 3. The van der Waals surface area contributed by atoms with E-state index in [4.69, 9.17) is 9.47 Å². The molecule has 0 atom stereocenters. The zero-order valence-corrected chi connectivity index (χ0v) is 11.4. The topological polar surface area (TPSA) is 47.6 Å². The van der Waals surface area contributed by atoms with E-state index in [1.165, 1.54) is 0 Å². The van der Waals surface area contributed by atoms with Crippen LogP contribution in [0.5, 0.6) is 5.75 Å². The Hall–Kier alpha value is -1.55. The van der Waals surface area contributed by atoms with E-state index in [0.29, 0.717) is 18.9 Å². The van der Waals surface area contributed by atoms with Crippen LogP contribution in [0.2, 0.25) is 0 Å². The summed E-state index contributed by atoms with van der Waals surface area (Å²) < 4.78 is 10.4. The molecule has 0 radical (unpaired) electrons. The maximum absolute atomic E-state index is 11.8. The molecule has 1 N–H and O–H groups in total. The molecule has 1 aliphatic heterocycles. The molecule has 0 bridgehead atoms. The van der Waals surface area contributed by atoms with Crippen LogP contribution in [0, 0.1) is 5.92 Å². The van der Waals surface area contributed by atoms with Crippen molar-refractivity contribution in [2.75, 3.05) is 20.3 Å². The Morgan fingerprint density at radius 2 is 2.00 bits per heavy atom. The van der Waals surface area contributed by atoms with E-state index in [2.05, 4.69) is 5.32 Å². The minimum Gasteiger partial charge on any atom is -0.497 e. The third-order valence-electron chi connectivity index (χ3n) is 3.46. The zero-order valence-electron chi connectivity index (χ0n) is 11.4. The second kappa shape index (κ2) is 7.14. The van der Waals surface area contributed by atoms with Gasteiger partial charge in [-0.3, -0.25) is 4.79 Å². The number of ether oxygens (including phenoxy) is 2. The number of carbonyl (C=O) groups excluding carboxylic acids is 1. The first-order chi connectivity index (χ1) is 9.28. The van der Waals surface area contributed by atoms with Crippen LogP contribution >= 0.6 is 0 Å². The number of benzene rings is 1. The molecule has 1 aliphatic rings. The minimum absolute atomic E-state index is 0.128. The molecular formula is C15H21NO3. The Morgan fingerprint density at radius 3 is 2.63 bits per heavy atom. The van der Waals surface area contributed by atoms with Gasteiger partial charge < -0.3 is 14.8 Å². The highest BCUT2D eigenvalue weighted by molar-refractivity contribution is 5.76. The van der Waals surface area contributed by atoms with Crippen molar-refractivity contribution >= 4 is 5.91 Å². The van der Waals surface area contributed by atoms with Gasteiger partial charge in [-0.15, -0.1) is 0 Å². The lowest BCUT2D eigenvalue weighted by molar-refractivity contribution is -0.122. The lowest BCUT2D eigenvalue weighted by Crippen LogP contribution is -2.27. The quantitative estimate of drug-likeness (QED) is 0.885. The van der Waals surface area contributed by atoms with Crippen LogP contribution in [0.15, 0.2) is 24.3 Å². The fourth-order valence-electron chi connectivity index (χ4n) is 2.23.